The van der Waals surface area contributed by atoms with Crippen molar-refractivity contribution in [1.82, 2.24) is 4.72 Å². The largest absolute Gasteiger partial charge is 0.396 e. The van der Waals surface area contributed by atoms with E-state index in [2.05, 4.69) is 4.72 Å². The van der Waals surface area contributed by atoms with E-state index in [1.165, 1.54) is 0 Å². The summed E-state index contributed by atoms with van der Waals surface area (Å²) in [6, 6.07) is 0. The van der Waals surface area contributed by atoms with Gasteiger partial charge in [0.1, 0.15) is 0 Å². The summed E-state index contributed by atoms with van der Waals surface area (Å²) in [6.07, 6.45) is 2.90. The van der Waals surface area contributed by atoms with Crippen LogP contribution >= 0.6 is 0 Å². The fraction of sp³-hybridized carbons (Fsp3) is 1.00. The maximum absolute atomic E-state index is 11.6. The Kier molecular flexibility index (Phi) is 5.17. The third kappa shape index (κ3) is 4.78. The molecule has 1 aliphatic heterocycles. The van der Waals surface area contributed by atoms with Crippen molar-refractivity contribution >= 4 is 10.0 Å². The number of aliphatic hydroxyl groups excluding tert-OH is 1. The first-order chi connectivity index (χ1) is 7.47. The molecule has 1 aliphatic rings. The molecular formula is C10H21NO4S. The highest BCUT2D eigenvalue weighted by Gasteiger charge is 2.30. The molecule has 1 fully saturated rings. The number of sulfonamides is 1. The first-order valence-electron chi connectivity index (χ1n) is 5.70. The van der Waals surface area contributed by atoms with E-state index < -0.39 is 10.0 Å². The third-order valence-corrected chi connectivity index (χ3v) is 4.20. The van der Waals surface area contributed by atoms with Crippen molar-refractivity contribution in [2.24, 2.45) is 0 Å². The van der Waals surface area contributed by atoms with Crippen LogP contribution in [0.25, 0.3) is 0 Å². The number of hydrogen-bond donors (Lipinski definition) is 2. The molecule has 16 heavy (non-hydrogen) atoms. The Balaban J connectivity index is 2.30. The Morgan fingerprint density at radius 3 is 2.75 bits per heavy atom. The molecule has 0 amide bonds. The fourth-order valence-corrected chi connectivity index (χ4v) is 2.97. The van der Waals surface area contributed by atoms with Gasteiger partial charge < -0.3 is 9.84 Å². The molecule has 1 rings (SSSR count). The summed E-state index contributed by atoms with van der Waals surface area (Å²) in [5.41, 5.74) is -0.343. The minimum atomic E-state index is -3.22. The monoisotopic (exact) mass is 251 g/mol. The molecule has 0 saturated carbocycles. The minimum Gasteiger partial charge on any atom is -0.396 e. The molecule has 0 spiro atoms. The second-order valence-electron chi connectivity index (χ2n) is 4.47. The van der Waals surface area contributed by atoms with E-state index in [9.17, 15) is 8.42 Å². The van der Waals surface area contributed by atoms with Crippen molar-refractivity contribution in [2.75, 3.05) is 25.5 Å². The number of rotatable bonds is 7. The van der Waals surface area contributed by atoms with Gasteiger partial charge in [-0.2, -0.15) is 0 Å². The van der Waals surface area contributed by atoms with Gasteiger partial charge in [-0.05, 0) is 32.6 Å². The average molecular weight is 251 g/mol. The van der Waals surface area contributed by atoms with Crippen LogP contribution in [-0.4, -0.2) is 44.6 Å². The predicted molar refractivity (Wildman–Crippen MR) is 61.7 cm³/mol. The van der Waals surface area contributed by atoms with E-state index in [0.29, 0.717) is 26.0 Å². The van der Waals surface area contributed by atoms with Crippen LogP contribution in [0.2, 0.25) is 0 Å². The van der Waals surface area contributed by atoms with E-state index in [4.69, 9.17) is 9.84 Å². The topological polar surface area (TPSA) is 75.6 Å². The van der Waals surface area contributed by atoms with Crippen molar-refractivity contribution in [1.29, 1.82) is 0 Å². The SMILES string of the molecule is CC1(CNS(=O)(=O)CCCCO)CCCO1. The van der Waals surface area contributed by atoms with E-state index in [1.54, 1.807) is 0 Å². The highest BCUT2D eigenvalue weighted by Crippen LogP contribution is 2.24. The molecule has 1 unspecified atom stereocenters. The second kappa shape index (κ2) is 5.95. The summed E-state index contributed by atoms with van der Waals surface area (Å²) in [5.74, 6) is 0.0731. The van der Waals surface area contributed by atoms with Crippen LogP contribution in [0.1, 0.15) is 32.6 Å². The summed E-state index contributed by atoms with van der Waals surface area (Å²) in [5, 5.41) is 8.57. The Labute approximate surface area is 97.2 Å². The lowest BCUT2D eigenvalue weighted by Crippen LogP contribution is -2.40. The number of unbranched alkanes of at least 4 members (excludes halogenated alkanes) is 1. The first kappa shape index (κ1) is 13.9. The van der Waals surface area contributed by atoms with Gasteiger partial charge in [0.05, 0.1) is 11.4 Å². The van der Waals surface area contributed by atoms with Crippen molar-refractivity contribution in [3.05, 3.63) is 0 Å². The van der Waals surface area contributed by atoms with Crippen LogP contribution in [0.5, 0.6) is 0 Å². The van der Waals surface area contributed by atoms with Gasteiger partial charge in [0.25, 0.3) is 0 Å². The number of ether oxygens (including phenoxy) is 1. The molecule has 0 bridgehead atoms. The normalized spacial score (nSPS) is 26.1. The average Bonchev–Trinajstić information content (AvgIpc) is 2.64. The van der Waals surface area contributed by atoms with E-state index in [1.807, 2.05) is 6.92 Å². The van der Waals surface area contributed by atoms with Crippen molar-refractivity contribution in [3.63, 3.8) is 0 Å². The maximum Gasteiger partial charge on any atom is 0.211 e. The van der Waals surface area contributed by atoms with Crippen molar-refractivity contribution < 1.29 is 18.3 Å². The fourth-order valence-electron chi connectivity index (χ4n) is 1.71. The zero-order chi connectivity index (χ0) is 12.1. The van der Waals surface area contributed by atoms with Crippen LogP contribution in [0.3, 0.4) is 0 Å². The number of aliphatic hydroxyl groups is 1. The quantitative estimate of drug-likeness (QED) is 0.636. The van der Waals surface area contributed by atoms with E-state index in [-0.39, 0.29) is 18.0 Å². The smallest absolute Gasteiger partial charge is 0.211 e. The molecule has 5 nitrogen and oxygen atoms in total. The number of hydrogen-bond acceptors (Lipinski definition) is 4. The van der Waals surface area contributed by atoms with Crippen LogP contribution < -0.4 is 4.72 Å². The van der Waals surface area contributed by atoms with Gasteiger partial charge in [0.2, 0.25) is 10.0 Å². The van der Waals surface area contributed by atoms with Crippen LogP contribution in [0.15, 0.2) is 0 Å². The zero-order valence-corrected chi connectivity index (χ0v) is 10.6. The van der Waals surface area contributed by atoms with Gasteiger partial charge in [-0.1, -0.05) is 0 Å². The van der Waals surface area contributed by atoms with Crippen molar-refractivity contribution in [3.8, 4) is 0 Å². The molecule has 2 N–H and O–H groups in total. The van der Waals surface area contributed by atoms with Crippen LogP contribution in [-0.2, 0) is 14.8 Å². The minimum absolute atomic E-state index is 0.0380. The van der Waals surface area contributed by atoms with Crippen LogP contribution in [0.4, 0.5) is 0 Å². The summed E-state index contributed by atoms with van der Waals surface area (Å²) in [6.45, 7) is 3.02. The molecule has 1 atom stereocenters. The first-order valence-corrected chi connectivity index (χ1v) is 7.35. The van der Waals surface area contributed by atoms with Gasteiger partial charge in [-0.25, -0.2) is 13.1 Å². The lowest BCUT2D eigenvalue weighted by Gasteiger charge is -2.23. The Morgan fingerprint density at radius 2 is 2.19 bits per heavy atom. The molecule has 0 radical (unpaired) electrons. The maximum atomic E-state index is 11.6. The molecule has 0 aromatic rings. The zero-order valence-electron chi connectivity index (χ0n) is 9.74. The third-order valence-electron chi connectivity index (χ3n) is 2.79. The summed E-state index contributed by atoms with van der Waals surface area (Å²) >= 11 is 0. The Morgan fingerprint density at radius 1 is 1.44 bits per heavy atom. The van der Waals surface area contributed by atoms with Gasteiger partial charge >= 0.3 is 0 Å². The molecule has 0 aromatic heterocycles. The molecular weight excluding hydrogens is 230 g/mol. The second-order valence-corrected chi connectivity index (χ2v) is 6.40. The van der Waals surface area contributed by atoms with Gasteiger partial charge in [0, 0.05) is 19.8 Å². The molecule has 0 aromatic carbocycles. The van der Waals surface area contributed by atoms with Gasteiger partial charge in [-0.3, -0.25) is 0 Å². The summed E-state index contributed by atoms with van der Waals surface area (Å²) in [4.78, 5) is 0. The van der Waals surface area contributed by atoms with Gasteiger partial charge in [-0.15, -0.1) is 0 Å². The Hall–Kier alpha value is -0.170. The molecule has 1 saturated heterocycles. The van der Waals surface area contributed by atoms with E-state index >= 15 is 0 Å². The molecule has 96 valence electrons. The molecule has 0 aliphatic carbocycles. The molecule has 1 heterocycles. The van der Waals surface area contributed by atoms with E-state index in [0.717, 1.165) is 12.8 Å². The lowest BCUT2D eigenvalue weighted by atomic mass is 10.0. The highest BCUT2D eigenvalue weighted by molar-refractivity contribution is 7.89. The predicted octanol–water partition coefficient (Wildman–Crippen LogP) is 0.247. The van der Waals surface area contributed by atoms with Crippen LogP contribution in [0, 0.1) is 0 Å². The highest BCUT2D eigenvalue weighted by atomic mass is 32.2. The molecule has 6 heteroatoms. The lowest BCUT2D eigenvalue weighted by molar-refractivity contribution is 0.0250. The summed E-state index contributed by atoms with van der Waals surface area (Å²) < 4.78 is 31.2. The standard InChI is InChI=1S/C10H21NO4S/c1-10(5-4-7-15-10)9-11-16(13,14)8-3-2-6-12/h11-12H,2-9H2,1H3. The van der Waals surface area contributed by atoms with Crippen molar-refractivity contribution in [2.45, 2.75) is 38.2 Å². The number of nitrogens with one attached hydrogen (secondary N) is 1. The Bertz CT molecular complexity index is 296. The summed E-state index contributed by atoms with van der Waals surface area (Å²) in [7, 11) is -3.22. The van der Waals surface area contributed by atoms with Gasteiger partial charge in [0.15, 0.2) is 0 Å².